The van der Waals surface area contributed by atoms with Crippen LogP contribution in [0.4, 0.5) is 0 Å². The summed E-state index contributed by atoms with van der Waals surface area (Å²) in [5.74, 6) is 0.947. The van der Waals surface area contributed by atoms with E-state index in [1.165, 1.54) is 5.56 Å². The molecular weight excluding hydrogens is 240 g/mol. The standard InChI is InChI=1S/C15H24N2O2/c1-16-11-13-3-5-14(6-4-13)19-10-9-17-8-7-15(12-17)18-2/h3-6,15-16H,7-12H2,1-2H3. The minimum absolute atomic E-state index is 0.404. The largest absolute Gasteiger partial charge is 0.492 e. The molecule has 19 heavy (non-hydrogen) atoms. The van der Waals surface area contributed by atoms with E-state index in [-0.39, 0.29) is 0 Å². The smallest absolute Gasteiger partial charge is 0.119 e. The Labute approximate surface area is 115 Å². The van der Waals surface area contributed by atoms with Crippen molar-refractivity contribution in [2.45, 2.75) is 19.1 Å². The summed E-state index contributed by atoms with van der Waals surface area (Å²) in [5.41, 5.74) is 1.28. The van der Waals surface area contributed by atoms with Gasteiger partial charge in [0.25, 0.3) is 0 Å². The maximum absolute atomic E-state index is 5.77. The quantitative estimate of drug-likeness (QED) is 0.809. The minimum Gasteiger partial charge on any atom is -0.492 e. The predicted molar refractivity (Wildman–Crippen MR) is 76.6 cm³/mol. The number of nitrogens with one attached hydrogen (secondary N) is 1. The number of nitrogens with zero attached hydrogens (tertiary/aromatic N) is 1. The van der Waals surface area contributed by atoms with Crippen molar-refractivity contribution in [2.75, 3.05) is 40.4 Å². The van der Waals surface area contributed by atoms with E-state index in [0.717, 1.165) is 45.0 Å². The van der Waals surface area contributed by atoms with E-state index in [4.69, 9.17) is 9.47 Å². The molecule has 0 saturated carbocycles. The Hall–Kier alpha value is -1.10. The Morgan fingerprint density at radius 2 is 2.11 bits per heavy atom. The van der Waals surface area contributed by atoms with Crippen molar-refractivity contribution in [3.63, 3.8) is 0 Å². The molecule has 0 radical (unpaired) electrons. The van der Waals surface area contributed by atoms with E-state index in [1.54, 1.807) is 7.11 Å². The highest BCUT2D eigenvalue weighted by molar-refractivity contribution is 5.27. The van der Waals surface area contributed by atoms with Crippen LogP contribution in [0, 0.1) is 0 Å². The lowest BCUT2D eigenvalue weighted by atomic mass is 10.2. The van der Waals surface area contributed by atoms with E-state index in [0.29, 0.717) is 6.10 Å². The summed E-state index contributed by atoms with van der Waals surface area (Å²) in [6.07, 6.45) is 1.54. The maximum Gasteiger partial charge on any atom is 0.119 e. The van der Waals surface area contributed by atoms with Crippen LogP contribution in [0.3, 0.4) is 0 Å². The average molecular weight is 264 g/mol. The van der Waals surface area contributed by atoms with Gasteiger partial charge < -0.3 is 14.8 Å². The zero-order valence-electron chi connectivity index (χ0n) is 11.9. The molecule has 106 valence electrons. The lowest BCUT2D eigenvalue weighted by Gasteiger charge is -2.16. The van der Waals surface area contributed by atoms with Crippen LogP contribution in [0.1, 0.15) is 12.0 Å². The van der Waals surface area contributed by atoms with Gasteiger partial charge >= 0.3 is 0 Å². The molecule has 1 aliphatic heterocycles. The molecule has 4 nitrogen and oxygen atoms in total. The first-order valence-electron chi connectivity index (χ1n) is 6.93. The topological polar surface area (TPSA) is 33.7 Å². The first-order valence-corrected chi connectivity index (χ1v) is 6.93. The van der Waals surface area contributed by atoms with Gasteiger partial charge in [0, 0.05) is 33.3 Å². The molecule has 1 N–H and O–H groups in total. The van der Waals surface area contributed by atoms with Crippen molar-refractivity contribution in [1.29, 1.82) is 0 Å². The van der Waals surface area contributed by atoms with Gasteiger partial charge in [0.2, 0.25) is 0 Å². The molecule has 0 aliphatic carbocycles. The third kappa shape index (κ3) is 4.49. The van der Waals surface area contributed by atoms with E-state index < -0.39 is 0 Å². The molecule has 1 unspecified atom stereocenters. The summed E-state index contributed by atoms with van der Waals surface area (Å²) in [7, 11) is 3.74. The highest BCUT2D eigenvalue weighted by atomic mass is 16.5. The zero-order valence-corrected chi connectivity index (χ0v) is 11.9. The van der Waals surface area contributed by atoms with Crippen LogP contribution in [-0.4, -0.2) is 51.4 Å². The number of hydrogen-bond acceptors (Lipinski definition) is 4. The molecule has 1 aromatic carbocycles. The summed E-state index contributed by atoms with van der Waals surface area (Å²) in [5, 5.41) is 3.13. The Kier molecular flexibility index (Phi) is 5.63. The van der Waals surface area contributed by atoms with Crippen molar-refractivity contribution >= 4 is 0 Å². The molecule has 0 spiro atoms. The fourth-order valence-electron chi connectivity index (χ4n) is 2.39. The second kappa shape index (κ2) is 7.48. The third-order valence-corrected chi connectivity index (χ3v) is 3.54. The number of likely N-dealkylation sites (tertiary alicyclic amines) is 1. The molecule has 4 heteroatoms. The molecule has 1 fully saturated rings. The van der Waals surface area contributed by atoms with Gasteiger partial charge in [-0.05, 0) is 31.2 Å². The van der Waals surface area contributed by atoms with Crippen LogP contribution in [0.2, 0.25) is 0 Å². The summed E-state index contributed by atoms with van der Waals surface area (Å²) >= 11 is 0. The van der Waals surface area contributed by atoms with Crippen molar-refractivity contribution in [1.82, 2.24) is 10.2 Å². The molecular formula is C15H24N2O2. The van der Waals surface area contributed by atoms with Crippen molar-refractivity contribution in [3.8, 4) is 5.75 Å². The van der Waals surface area contributed by atoms with Crippen molar-refractivity contribution < 1.29 is 9.47 Å². The number of rotatable bonds is 7. The number of methoxy groups -OCH3 is 1. The Bertz CT molecular complexity index is 367. The fourth-order valence-corrected chi connectivity index (χ4v) is 2.39. The number of benzene rings is 1. The van der Waals surface area contributed by atoms with Gasteiger partial charge in [-0.25, -0.2) is 0 Å². The Morgan fingerprint density at radius 3 is 2.74 bits per heavy atom. The van der Waals surface area contributed by atoms with Gasteiger partial charge in [-0.2, -0.15) is 0 Å². The summed E-state index contributed by atoms with van der Waals surface area (Å²) in [6.45, 7) is 4.75. The van der Waals surface area contributed by atoms with E-state index in [9.17, 15) is 0 Å². The lowest BCUT2D eigenvalue weighted by molar-refractivity contribution is 0.106. The SMILES string of the molecule is CNCc1ccc(OCCN2CCC(OC)C2)cc1. The lowest BCUT2D eigenvalue weighted by Crippen LogP contribution is -2.27. The Balaban J connectivity index is 1.68. The summed E-state index contributed by atoms with van der Waals surface area (Å²) < 4.78 is 11.1. The monoisotopic (exact) mass is 264 g/mol. The molecule has 1 atom stereocenters. The van der Waals surface area contributed by atoms with E-state index in [1.807, 2.05) is 19.2 Å². The van der Waals surface area contributed by atoms with Crippen LogP contribution in [0.15, 0.2) is 24.3 Å². The van der Waals surface area contributed by atoms with Gasteiger partial charge in [-0.3, -0.25) is 4.90 Å². The average Bonchev–Trinajstić information content (AvgIpc) is 2.89. The summed E-state index contributed by atoms with van der Waals surface area (Å²) in [6, 6.07) is 8.27. The van der Waals surface area contributed by atoms with Crippen molar-refractivity contribution in [2.24, 2.45) is 0 Å². The van der Waals surface area contributed by atoms with Crippen LogP contribution in [0.25, 0.3) is 0 Å². The molecule has 0 aromatic heterocycles. The Morgan fingerprint density at radius 1 is 1.32 bits per heavy atom. The number of hydrogen-bond donors (Lipinski definition) is 1. The zero-order chi connectivity index (χ0) is 13.5. The van der Waals surface area contributed by atoms with E-state index in [2.05, 4.69) is 22.3 Å². The van der Waals surface area contributed by atoms with Gasteiger partial charge in [0.15, 0.2) is 0 Å². The van der Waals surface area contributed by atoms with E-state index >= 15 is 0 Å². The summed E-state index contributed by atoms with van der Waals surface area (Å²) in [4.78, 5) is 2.39. The molecule has 0 amide bonds. The van der Waals surface area contributed by atoms with Gasteiger partial charge in [0.05, 0.1) is 6.10 Å². The van der Waals surface area contributed by atoms with Gasteiger partial charge in [-0.15, -0.1) is 0 Å². The van der Waals surface area contributed by atoms with Gasteiger partial charge in [0.1, 0.15) is 12.4 Å². The van der Waals surface area contributed by atoms with Gasteiger partial charge in [-0.1, -0.05) is 12.1 Å². The van der Waals surface area contributed by atoms with Crippen LogP contribution in [-0.2, 0) is 11.3 Å². The van der Waals surface area contributed by atoms with Crippen molar-refractivity contribution in [3.05, 3.63) is 29.8 Å². The second-order valence-corrected chi connectivity index (χ2v) is 4.97. The number of ether oxygens (including phenoxy) is 2. The highest BCUT2D eigenvalue weighted by Crippen LogP contribution is 2.14. The van der Waals surface area contributed by atoms with Crippen LogP contribution < -0.4 is 10.1 Å². The fraction of sp³-hybridized carbons (Fsp3) is 0.600. The molecule has 1 saturated heterocycles. The second-order valence-electron chi connectivity index (χ2n) is 4.97. The molecule has 2 rings (SSSR count). The van der Waals surface area contributed by atoms with Crippen LogP contribution in [0.5, 0.6) is 5.75 Å². The van der Waals surface area contributed by atoms with Crippen LogP contribution >= 0.6 is 0 Å². The molecule has 0 bridgehead atoms. The first-order chi connectivity index (χ1) is 9.31. The third-order valence-electron chi connectivity index (χ3n) is 3.54. The normalized spacial score (nSPS) is 19.8. The molecule has 1 aliphatic rings. The highest BCUT2D eigenvalue weighted by Gasteiger charge is 2.21. The molecule has 1 aromatic rings. The minimum atomic E-state index is 0.404. The first kappa shape index (κ1) is 14.3. The maximum atomic E-state index is 5.77. The molecule has 1 heterocycles. The predicted octanol–water partition coefficient (Wildman–Crippen LogP) is 1.51.